The first-order valence-corrected chi connectivity index (χ1v) is 7.97. The van der Waals surface area contributed by atoms with Crippen LogP contribution < -0.4 is 5.32 Å². The molecule has 2 fully saturated rings. The summed E-state index contributed by atoms with van der Waals surface area (Å²) in [5, 5.41) is 3.42. The highest BCUT2D eigenvalue weighted by Gasteiger charge is 2.34. The molecule has 4 heteroatoms. The van der Waals surface area contributed by atoms with Crippen molar-refractivity contribution in [1.29, 1.82) is 0 Å². The van der Waals surface area contributed by atoms with Crippen LogP contribution in [0, 0.1) is 0 Å². The molecule has 2 heterocycles. The molecular formula is C15H22BrN3. The SMILES string of the molecule is CC(c1ccc(Br)cc1)N1CC(N2CCNCC2)C1. The van der Waals surface area contributed by atoms with Crippen molar-refractivity contribution in [3.05, 3.63) is 34.3 Å². The van der Waals surface area contributed by atoms with E-state index >= 15 is 0 Å². The van der Waals surface area contributed by atoms with Crippen LogP contribution in [0.15, 0.2) is 28.7 Å². The van der Waals surface area contributed by atoms with E-state index in [1.807, 2.05) is 0 Å². The lowest BCUT2D eigenvalue weighted by atomic mass is 9.99. The van der Waals surface area contributed by atoms with Crippen molar-refractivity contribution in [3.63, 3.8) is 0 Å². The third-order valence-electron chi connectivity index (χ3n) is 4.46. The first kappa shape index (κ1) is 13.6. The van der Waals surface area contributed by atoms with Gasteiger partial charge in [-0.25, -0.2) is 0 Å². The maximum Gasteiger partial charge on any atom is 0.0351 e. The molecule has 1 unspecified atom stereocenters. The fourth-order valence-corrected chi connectivity index (χ4v) is 3.30. The Kier molecular flexibility index (Phi) is 4.22. The van der Waals surface area contributed by atoms with Crippen LogP contribution in [0.25, 0.3) is 0 Å². The molecule has 2 saturated heterocycles. The number of benzene rings is 1. The van der Waals surface area contributed by atoms with Crippen molar-refractivity contribution in [3.8, 4) is 0 Å². The van der Waals surface area contributed by atoms with E-state index in [2.05, 4.69) is 62.2 Å². The molecule has 1 atom stereocenters. The van der Waals surface area contributed by atoms with Gasteiger partial charge in [-0.3, -0.25) is 9.80 Å². The Hall–Kier alpha value is -0.420. The van der Waals surface area contributed by atoms with Gasteiger partial charge in [0, 0.05) is 55.8 Å². The average Bonchev–Trinajstić information content (AvgIpc) is 2.39. The van der Waals surface area contributed by atoms with E-state index in [4.69, 9.17) is 0 Å². The smallest absolute Gasteiger partial charge is 0.0351 e. The minimum absolute atomic E-state index is 0.535. The highest BCUT2D eigenvalue weighted by Crippen LogP contribution is 2.28. The van der Waals surface area contributed by atoms with E-state index in [9.17, 15) is 0 Å². The zero-order chi connectivity index (χ0) is 13.2. The summed E-state index contributed by atoms with van der Waals surface area (Å²) < 4.78 is 1.16. The van der Waals surface area contributed by atoms with Crippen LogP contribution in [0.4, 0.5) is 0 Å². The highest BCUT2D eigenvalue weighted by molar-refractivity contribution is 9.10. The Morgan fingerprint density at radius 1 is 1.16 bits per heavy atom. The van der Waals surface area contributed by atoms with Crippen LogP contribution in [-0.2, 0) is 0 Å². The zero-order valence-corrected chi connectivity index (χ0v) is 13.1. The third-order valence-corrected chi connectivity index (χ3v) is 4.99. The molecule has 0 amide bonds. The molecule has 0 aliphatic carbocycles. The van der Waals surface area contributed by atoms with Crippen LogP contribution >= 0.6 is 15.9 Å². The molecule has 19 heavy (non-hydrogen) atoms. The second-order valence-corrected chi connectivity index (χ2v) is 6.54. The topological polar surface area (TPSA) is 18.5 Å². The number of hydrogen-bond donors (Lipinski definition) is 1. The summed E-state index contributed by atoms with van der Waals surface area (Å²) in [4.78, 5) is 5.22. The molecule has 104 valence electrons. The predicted molar refractivity (Wildman–Crippen MR) is 82.4 cm³/mol. The second kappa shape index (κ2) is 5.92. The van der Waals surface area contributed by atoms with Gasteiger partial charge >= 0.3 is 0 Å². The van der Waals surface area contributed by atoms with Gasteiger partial charge in [0.1, 0.15) is 0 Å². The summed E-state index contributed by atoms with van der Waals surface area (Å²) in [5.74, 6) is 0. The van der Waals surface area contributed by atoms with Crippen molar-refractivity contribution in [1.82, 2.24) is 15.1 Å². The summed E-state index contributed by atoms with van der Waals surface area (Å²) in [6.07, 6.45) is 0. The number of nitrogens with one attached hydrogen (secondary N) is 1. The molecule has 3 rings (SSSR count). The number of hydrogen-bond acceptors (Lipinski definition) is 3. The van der Waals surface area contributed by atoms with Crippen LogP contribution in [-0.4, -0.2) is 55.1 Å². The molecule has 0 bridgehead atoms. The molecule has 0 spiro atoms. The van der Waals surface area contributed by atoms with E-state index in [1.165, 1.54) is 31.7 Å². The lowest BCUT2D eigenvalue weighted by Crippen LogP contribution is -2.62. The van der Waals surface area contributed by atoms with Crippen LogP contribution in [0.2, 0.25) is 0 Å². The molecule has 1 aromatic rings. The maximum atomic E-state index is 3.50. The molecule has 1 N–H and O–H groups in total. The quantitative estimate of drug-likeness (QED) is 0.919. The monoisotopic (exact) mass is 323 g/mol. The Balaban J connectivity index is 1.53. The van der Waals surface area contributed by atoms with Gasteiger partial charge in [-0.05, 0) is 24.6 Å². The van der Waals surface area contributed by atoms with Crippen LogP contribution in [0.3, 0.4) is 0 Å². The van der Waals surface area contributed by atoms with Crippen LogP contribution in [0.5, 0.6) is 0 Å². The molecule has 0 radical (unpaired) electrons. The first-order valence-electron chi connectivity index (χ1n) is 7.18. The Morgan fingerprint density at radius 2 is 1.79 bits per heavy atom. The number of piperazine rings is 1. The summed E-state index contributed by atoms with van der Waals surface area (Å²) in [6.45, 7) is 9.49. The van der Waals surface area contributed by atoms with Gasteiger partial charge in [-0.1, -0.05) is 28.1 Å². The number of halogens is 1. The maximum absolute atomic E-state index is 3.50. The number of likely N-dealkylation sites (tertiary alicyclic amines) is 1. The predicted octanol–water partition coefficient (Wildman–Crippen LogP) is 2.10. The van der Waals surface area contributed by atoms with E-state index in [0.29, 0.717) is 6.04 Å². The van der Waals surface area contributed by atoms with E-state index in [-0.39, 0.29) is 0 Å². The van der Waals surface area contributed by atoms with Crippen LogP contribution in [0.1, 0.15) is 18.5 Å². The fraction of sp³-hybridized carbons (Fsp3) is 0.600. The average molecular weight is 324 g/mol. The van der Waals surface area contributed by atoms with Gasteiger partial charge in [0.05, 0.1) is 0 Å². The molecule has 0 saturated carbocycles. The standard InChI is InChI=1S/C15H22BrN3/c1-12(13-2-4-14(16)5-3-13)19-10-15(11-19)18-8-6-17-7-9-18/h2-5,12,15,17H,6-11H2,1H3. The van der Waals surface area contributed by atoms with Gasteiger partial charge < -0.3 is 5.32 Å². The molecule has 2 aliphatic heterocycles. The van der Waals surface area contributed by atoms with E-state index in [0.717, 1.165) is 23.6 Å². The van der Waals surface area contributed by atoms with Crippen molar-refractivity contribution in [2.75, 3.05) is 39.3 Å². The van der Waals surface area contributed by atoms with Crippen molar-refractivity contribution in [2.24, 2.45) is 0 Å². The summed E-state index contributed by atoms with van der Waals surface area (Å²) in [6, 6.07) is 10.0. The number of rotatable bonds is 3. The summed E-state index contributed by atoms with van der Waals surface area (Å²) in [7, 11) is 0. The lowest BCUT2D eigenvalue weighted by molar-refractivity contribution is 0.00347. The van der Waals surface area contributed by atoms with Gasteiger partial charge in [0.25, 0.3) is 0 Å². The van der Waals surface area contributed by atoms with Gasteiger partial charge in [-0.2, -0.15) is 0 Å². The van der Waals surface area contributed by atoms with E-state index in [1.54, 1.807) is 0 Å². The first-order chi connectivity index (χ1) is 9.24. The van der Waals surface area contributed by atoms with E-state index < -0.39 is 0 Å². The summed E-state index contributed by atoms with van der Waals surface area (Å²) >= 11 is 3.50. The molecule has 2 aliphatic rings. The molecule has 1 aromatic carbocycles. The third kappa shape index (κ3) is 3.02. The molecule has 0 aromatic heterocycles. The van der Waals surface area contributed by atoms with Gasteiger partial charge in [-0.15, -0.1) is 0 Å². The van der Waals surface area contributed by atoms with Gasteiger partial charge in [0.15, 0.2) is 0 Å². The van der Waals surface area contributed by atoms with Gasteiger partial charge in [0.2, 0.25) is 0 Å². The normalized spacial score (nSPS) is 24.1. The van der Waals surface area contributed by atoms with Crippen molar-refractivity contribution < 1.29 is 0 Å². The molecule has 3 nitrogen and oxygen atoms in total. The van der Waals surface area contributed by atoms with Crippen molar-refractivity contribution >= 4 is 15.9 Å². The number of nitrogens with zero attached hydrogens (tertiary/aromatic N) is 2. The van der Waals surface area contributed by atoms with Crippen molar-refractivity contribution in [2.45, 2.75) is 19.0 Å². The Morgan fingerprint density at radius 3 is 2.42 bits per heavy atom. The Labute approximate surface area is 124 Å². The molecular weight excluding hydrogens is 302 g/mol. The minimum Gasteiger partial charge on any atom is -0.314 e. The fourth-order valence-electron chi connectivity index (χ4n) is 3.03. The largest absolute Gasteiger partial charge is 0.314 e. The summed E-state index contributed by atoms with van der Waals surface area (Å²) in [5.41, 5.74) is 1.42. The zero-order valence-electron chi connectivity index (χ0n) is 11.5. The lowest BCUT2D eigenvalue weighted by Gasteiger charge is -2.49. The second-order valence-electron chi connectivity index (χ2n) is 5.62. The minimum atomic E-state index is 0.535. The highest BCUT2D eigenvalue weighted by atomic mass is 79.9. The Bertz CT molecular complexity index is 408.